The highest BCUT2D eigenvalue weighted by Crippen LogP contribution is 2.03. The van der Waals surface area contributed by atoms with Crippen molar-refractivity contribution in [1.29, 1.82) is 0 Å². The second-order valence-corrected chi connectivity index (χ2v) is 4.02. The van der Waals surface area contributed by atoms with E-state index < -0.39 is 12.0 Å². The SMILES string of the molecule is CN(C)CNC(Cc1ccccc1)C(=O)O. The van der Waals surface area contributed by atoms with E-state index in [0.717, 1.165) is 5.56 Å². The van der Waals surface area contributed by atoms with Gasteiger partial charge in [-0.15, -0.1) is 0 Å². The van der Waals surface area contributed by atoms with E-state index >= 15 is 0 Å². The molecule has 0 fully saturated rings. The van der Waals surface area contributed by atoms with Crippen LogP contribution in [0.1, 0.15) is 5.56 Å². The van der Waals surface area contributed by atoms with Gasteiger partial charge in [-0.3, -0.25) is 15.0 Å². The predicted molar refractivity (Wildman–Crippen MR) is 63.3 cm³/mol. The summed E-state index contributed by atoms with van der Waals surface area (Å²) in [5.74, 6) is -0.814. The van der Waals surface area contributed by atoms with Gasteiger partial charge in [0.1, 0.15) is 6.04 Å². The van der Waals surface area contributed by atoms with Gasteiger partial charge in [0.2, 0.25) is 0 Å². The van der Waals surface area contributed by atoms with Crippen LogP contribution in [0.2, 0.25) is 0 Å². The molecule has 1 unspecified atom stereocenters. The van der Waals surface area contributed by atoms with Gasteiger partial charge in [0.25, 0.3) is 0 Å². The average Bonchev–Trinajstić information content (AvgIpc) is 2.25. The second kappa shape index (κ2) is 6.25. The largest absolute Gasteiger partial charge is 0.480 e. The molecule has 1 aromatic carbocycles. The summed E-state index contributed by atoms with van der Waals surface area (Å²) in [5, 5.41) is 12.1. The molecule has 1 atom stereocenters. The van der Waals surface area contributed by atoms with Crippen molar-refractivity contribution in [2.24, 2.45) is 0 Å². The standard InChI is InChI=1S/C12H18N2O2/c1-14(2)9-13-11(12(15)16)8-10-6-4-3-5-7-10/h3-7,11,13H,8-9H2,1-2H3,(H,15,16). The summed E-state index contributed by atoms with van der Waals surface area (Å²) >= 11 is 0. The number of carboxylic acid groups (broad SMARTS) is 1. The van der Waals surface area contributed by atoms with Gasteiger partial charge in [-0.1, -0.05) is 30.3 Å². The summed E-state index contributed by atoms with van der Waals surface area (Å²) in [6, 6.07) is 9.10. The van der Waals surface area contributed by atoms with E-state index in [-0.39, 0.29) is 0 Å². The van der Waals surface area contributed by atoms with Gasteiger partial charge in [0.05, 0.1) is 0 Å². The Hall–Kier alpha value is -1.39. The normalized spacial score (nSPS) is 12.7. The monoisotopic (exact) mass is 222 g/mol. The molecule has 0 saturated carbocycles. The maximum atomic E-state index is 11.0. The zero-order valence-electron chi connectivity index (χ0n) is 9.68. The highest BCUT2D eigenvalue weighted by atomic mass is 16.4. The molecule has 0 bridgehead atoms. The van der Waals surface area contributed by atoms with Crippen molar-refractivity contribution in [3.05, 3.63) is 35.9 Å². The van der Waals surface area contributed by atoms with E-state index in [4.69, 9.17) is 5.11 Å². The Morgan fingerprint density at radius 2 is 2.00 bits per heavy atom. The van der Waals surface area contributed by atoms with Gasteiger partial charge in [0.15, 0.2) is 0 Å². The zero-order valence-corrected chi connectivity index (χ0v) is 9.68. The first-order valence-corrected chi connectivity index (χ1v) is 5.24. The fourth-order valence-electron chi connectivity index (χ4n) is 1.39. The van der Waals surface area contributed by atoms with E-state index in [9.17, 15) is 4.79 Å². The lowest BCUT2D eigenvalue weighted by molar-refractivity contribution is -0.139. The third-order valence-electron chi connectivity index (χ3n) is 2.23. The first-order chi connectivity index (χ1) is 7.59. The minimum Gasteiger partial charge on any atom is -0.480 e. The Balaban J connectivity index is 2.55. The molecule has 0 aliphatic heterocycles. The molecular formula is C12H18N2O2. The maximum Gasteiger partial charge on any atom is 0.321 e. The Labute approximate surface area is 95.9 Å². The van der Waals surface area contributed by atoms with Crippen LogP contribution in [-0.4, -0.2) is 42.8 Å². The third kappa shape index (κ3) is 4.42. The topological polar surface area (TPSA) is 52.6 Å². The minimum absolute atomic E-state index is 0.504. The molecule has 4 nitrogen and oxygen atoms in total. The lowest BCUT2D eigenvalue weighted by Crippen LogP contribution is -2.42. The van der Waals surface area contributed by atoms with Crippen molar-refractivity contribution < 1.29 is 9.90 Å². The molecule has 0 aliphatic rings. The smallest absolute Gasteiger partial charge is 0.321 e. The molecule has 2 N–H and O–H groups in total. The molecule has 0 aliphatic carbocycles. The van der Waals surface area contributed by atoms with Crippen LogP contribution in [0.3, 0.4) is 0 Å². The van der Waals surface area contributed by atoms with Gasteiger partial charge < -0.3 is 5.11 Å². The summed E-state index contributed by atoms with van der Waals surface area (Å²) in [4.78, 5) is 12.9. The number of benzene rings is 1. The summed E-state index contributed by atoms with van der Waals surface area (Å²) < 4.78 is 0. The van der Waals surface area contributed by atoms with Crippen molar-refractivity contribution in [3.8, 4) is 0 Å². The molecule has 1 rings (SSSR count). The number of rotatable bonds is 6. The second-order valence-electron chi connectivity index (χ2n) is 4.02. The number of nitrogens with zero attached hydrogens (tertiary/aromatic N) is 1. The number of hydrogen-bond acceptors (Lipinski definition) is 3. The Bertz CT molecular complexity index is 325. The Morgan fingerprint density at radius 1 is 1.38 bits per heavy atom. The first kappa shape index (κ1) is 12.7. The van der Waals surface area contributed by atoms with Crippen LogP contribution < -0.4 is 5.32 Å². The van der Waals surface area contributed by atoms with E-state index in [1.165, 1.54) is 0 Å². The van der Waals surface area contributed by atoms with Gasteiger partial charge in [-0.25, -0.2) is 0 Å². The lowest BCUT2D eigenvalue weighted by atomic mass is 10.1. The van der Waals surface area contributed by atoms with Crippen molar-refractivity contribution >= 4 is 5.97 Å². The highest BCUT2D eigenvalue weighted by Gasteiger charge is 2.16. The summed E-state index contributed by atoms with van der Waals surface area (Å²) in [5.41, 5.74) is 1.03. The van der Waals surface area contributed by atoms with Crippen LogP contribution in [0.25, 0.3) is 0 Å². The van der Waals surface area contributed by atoms with E-state index in [1.54, 1.807) is 0 Å². The molecule has 1 aromatic rings. The van der Waals surface area contributed by atoms with E-state index in [2.05, 4.69) is 5.32 Å². The Morgan fingerprint density at radius 3 is 2.50 bits per heavy atom. The van der Waals surface area contributed by atoms with Gasteiger partial charge in [-0.05, 0) is 26.1 Å². The van der Waals surface area contributed by atoms with Crippen molar-refractivity contribution in [2.45, 2.75) is 12.5 Å². The molecule has 0 amide bonds. The number of aliphatic carboxylic acids is 1. The molecule has 4 heteroatoms. The molecular weight excluding hydrogens is 204 g/mol. The van der Waals surface area contributed by atoms with Gasteiger partial charge in [-0.2, -0.15) is 0 Å². The van der Waals surface area contributed by atoms with Crippen LogP contribution in [-0.2, 0) is 11.2 Å². The van der Waals surface area contributed by atoms with Crippen LogP contribution in [0.4, 0.5) is 0 Å². The Kier molecular flexibility index (Phi) is 4.95. The van der Waals surface area contributed by atoms with Gasteiger partial charge in [0, 0.05) is 6.67 Å². The van der Waals surface area contributed by atoms with Crippen LogP contribution in [0.15, 0.2) is 30.3 Å². The van der Waals surface area contributed by atoms with Crippen molar-refractivity contribution in [3.63, 3.8) is 0 Å². The summed E-state index contributed by atoms with van der Waals surface area (Å²) in [6.07, 6.45) is 0.504. The zero-order chi connectivity index (χ0) is 12.0. The van der Waals surface area contributed by atoms with Crippen molar-refractivity contribution in [2.75, 3.05) is 20.8 Å². The van der Waals surface area contributed by atoms with Crippen LogP contribution >= 0.6 is 0 Å². The summed E-state index contributed by atoms with van der Waals surface area (Å²) in [6.45, 7) is 0.559. The maximum absolute atomic E-state index is 11.0. The van der Waals surface area contributed by atoms with Crippen molar-refractivity contribution in [1.82, 2.24) is 10.2 Å². The molecule has 0 saturated heterocycles. The number of carbonyl (C=O) groups is 1. The molecule has 0 radical (unpaired) electrons. The lowest BCUT2D eigenvalue weighted by Gasteiger charge is -2.17. The number of carboxylic acids is 1. The number of hydrogen-bond donors (Lipinski definition) is 2. The minimum atomic E-state index is -0.814. The summed E-state index contributed by atoms with van der Waals surface area (Å²) in [7, 11) is 3.79. The average molecular weight is 222 g/mol. The number of nitrogens with one attached hydrogen (secondary N) is 1. The quantitative estimate of drug-likeness (QED) is 0.699. The van der Waals surface area contributed by atoms with E-state index in [1.807, 2.05) is 49.3 Å². The molecule has 88 valence electrons. The molecule has 0 heterocycles. The molecule has 0 aromatic heterocycles. The van der Waals surface area contributed by atoms with Gasteiger partial charge >= 0.3 is 5.97 Å². The third-order valence-corrected chi connectivity index (χ3v) is 2.23. The van der Waals surface area contributed by atoms with Crippen LogP contribution in [0.5, 0.6) is 0 Å². The molecule has 0 spiro atoms. The fraction of sp³-hybridized carbons (Fsp3) is 0.417. The highest BCUT2D eigenvalue weighted by molar-refractivity contribution is 5.73. The fourth-order valence-corrected chi connectivity index (χ4v) is 1.39. The molecule has 16 heavy (non-hydrogen) atoms. The first-order valence-electron chi connectivity index (χ1n) is 5.24. The van der Waals surface area contributed by atoms with E-state index in [0.29, 0.717) is 13.1 Å². The van der Waals surface area contributed by atoms with Crippen LogP contribution in [0, 0.1) is 0 Å². The predicted octanol–water partition coefficient (Wildman–Crippen LogP) is 0.791.